The molecule has 1 aromatic rings. The van der Waals surface area contributed by atoms with Gasteiger partial charge in [-0.15, -0.1) is 0 Å². The van der Waals surface area contributed by atoms with E-state index in [0.717, 1.165) is 48.9 Å². The first-order valence-corrected chi connectivity index (χ1v) is 7.21. The van der Waals surface area contributed by atoms with Crippen LogP contribution in [0.2, 0.25) is 5.02 Å². The van der Waals surface area contributed by atoms with Crippen LogP contribution >= 0.6 is 11.6 Å². The summed E-state index contributed by atoms with van der Waals surface area (Å²) in [7, 11) is 2.16. The summed E-state index contributed by atoms with van der Waals surface area (Å²) in [5.41, 5.74) is 1.08. The lowest BCUT2D eigenvalue weighted by atomic mass is 10.1. The van der Waals surface area contributed by atoms with Gasteiger partial charge in [-0.3, -0.25) is 4.90 Å². The van der Waals surface area contributed by atoms with E-state index in [2.05, 4.69) is 11.9 Å². The summed E-state index contributed by atoms with van der Waals surface area (Å²) in [5.74, 6) is 0.921. The molecule has 0 spiro atoms. The van der Waals surface area contributed by atoms with Crippen molar-refractivity contribution in [2.24, 2.45) is 0 Å². The van der Waals surface area contributed by atoms with Crippen LogP contribution < -0.4 is 4.74 Å². The zero-order valence-electron chi connectivity index (χ0n) is 11.7. The molecule has 106 valence electrons. The molecule has 1 aliphatic rings. The molecule has 0 atom stereocenters. The molecule has 1 aliphatic heterocycles. The number of ether oxygens (including phenoxy) is 2. The third kappa shape index (κ3) is 4.37. The third-order valence-electron chi connectivity index (χ3n) is 3.65. The monoisotopic (exact) mass is 283 g/mol. The Bertz CT molecular complexity index is 405. The first-order valence-electron chi connectivity index (χ1n) is 6.84. The summed E-state index contributed by atoms with van der Waals surface area (Å²) in [6.07, 6.45) is 2.24. The lowest BCUT2D eigenvalue weighted by Gasteiger charge is -2.31. The van der Waals surface area contributed by atoms with Gasteiger partial charge in [-0.1, -0.05) is 11.6 Å². The molecule has 0 amide bonds. The zero-order chi connectivity index (χ0) is 13.7. The van der Waals surface area contributed by atoms with E-state index in [0.29, 0.717) is 12.6 Å². The van der Waals surface area contributed by atoms with Gasteiger partial charge < -0.3 is 9.47 Å². The predicted octanol–water partition coefficient (Wildman–Crippen LogP) is 3.14. The molecule has 0 radical (unpaired) electrons. The van der Waals surface area contributed by atoms with Gasteiger partial charge in [-0.2, -0.15) is 0 Å². The summed E-state index contributed by atoms with van der Waals surface area (Å²) in [6, 6.07) is 6.36. The number of halogens is 1. The van der Waals surface area contributed by atoms with Gasteiger partial charge in [0.2, 0.25) is 0 Å². The van der Waals surface area contributed by atoms with Crippen molar-refractivity contribution in [3.05, 3.63) is 28.8 Å². The number of likely N-dealkylation sites (N-methyl/N-ethyl adjacent to an activating group) is 1. The molecule has 2 rings (SSSR count). The van der Waals surface area contributed by atoms with Crippen molar-refractivity contribution < 1.29 is 9.47 Å². The van der Waals surface area contributed by atoms with Crippen LogP contribution in [0.15, 0.2) is 18.2 Å². The van der Waals surface area contributed by atoms with Crippen LogP contribution in [0.5, 0.6) is 5.75 Å². The van der Waals surface area contributed by atoms with Gasteiger partial charge in [0.1, 0.15) is 12.4 Å². The van der Waals surface area contributed by atoms with E-state index in [1.165, 1.54) is 0 Å². The molecule has 0 N–H and O–H groups in total. The molecule has 0 bridgehead atoms. The zero-order valence-corrected chi connectivity index (χ0v) is 12.4. The molecule has 0 aliphatic carbocycles. The highest BCUT2D eigenvalue weighted by molar-refractivity contribution is 6.30. The van der Waals surface area contributed by atoms with Gasteiger partial charge in [0.25, 0.3) is 0 Å². The maximum Gasteiger partial charge on any atom is 0.122 e. The average Bonchev–Trinajstić information content (AvgIpc) is 2.42. The van der Waals surface area contributed by atoms with Crippen LogP contribution in [0.25, 0.3) is 0 Å². The van der Waals surface area contributed by atoms with Gasteiger partial charge in [-0.25, -0.2) is 0 Å². The van der Waals surface area contributed by atoms with E-state index in [1.54, 1.807) is 0 Å². The minimum Gasteiger partial charge on any atom is -0.492 e. The minimum atomic E-state index is 0.628. The van der Waals surface area contributed by atoms with Crippen LogP contribution in [0, 0.1) is 6.92 Å². The van der Waals surface area contributed by atoms with E-state index in [1.807, 2.05) is 25.1 Å². The Kier molecular flexibility index (Phi) is 5.49. The predicted molar refractivity (Wildman–Crippen MR) is 78.2 cm³/mol. The summed E-state index contributed by atoms with van der Waals surface area (Å²) >= 11 is 5.93. The molecule has 4 heteroatoms. The second-order valence-electron chi connectivity index (χ2n) is 5.08. The SMILES string of the molecule is Cc1cc(Cl)ccc1OCCN(C)C1CCOCC1. The van der Waals surface area contributed by atoms with Gasteiger partial charge in [-0.05, 0) is 50.6 Å². The molecule has 1 aromatic carbocycles. The smallest absolute Gasteiger partial charge is 0.122 e. The minimum absolute atomic E-state index is 0.628. The van der Waals surface area contributed by atoms with Crippen LogP contribution in [0.4, 0.5) is 0 Å². The number of nitrogens with zero attached hydrogens (tertiary/aromatic N) is 1. The van der Waals surface area contributed by atoms with Crippen LogP contribution in [-0.2, 0) is 4.74 Å². The largest absolute Gasteiger partial charge is 0.492 e. The molecule has 0 aromatic heterocycles. The topological polar surface area (TPSA) is 21.7 Å². The molecule has 1 saturated heterocycles. The number of hydrogen-bond donors (Lipinski definition) is 0. The normalized spacial score (nSPS) is 16.8. The lowest BCUT2D eigenvalue weighted by Crippen LogP contribution is -2.38. The van der Waals surface area contributed by atoms with Crippen molar-refractivity contribution in [2.45, 2.75) is 25.8 Å². The van der Waals surface area contributed by atoms with Gasteiger partial charge in [0, 0.05) is 30.8 Å². The Hall–Kier alpha value is -0.770. The summed E-state index contributed by atoms with van der Waals surface area (Å²) in [4.78, 5) is 2.37. The van der Waals surface area contributed by atoms with E-state index in [4.69, 9.17) is 21.1 Å². The van der Waals surface area contributed by atoms with Crippen molar-refractivity contribution in [2.75, 3.05) is 33.4 Å². The highest BCUT2D eigenvalue weighted by atomic mass is 35.5. The van der Waals surface area contributed by atoms with E-state index in [-0.39, 0.29) is 0 Å². The average molecular weight is 284 g/mol. The van der Waals surface area contributed by atoms with Crippen molar-refractivity contribution in [1.29, 1.82) is 0 Å². The first kappa shape index (κ1) is 14.6. The molecule has 1 fully saturated rings. The number of aryl methyl sites for hydroxylation is 1. The molecule has 0 saturated carbocycles. The van der Waals surface area contributed by atoms with Crippen LogP contribution in [-0.4, -0.2) is 44.4 Å². The molecular weight excluding hydrogens is 262 g/mol. The second kappa shape index (κ2) is 7.13. The fraction of sp³-hybridized carbons (Fsp3) is 0.600. The molecule has 0 unspecified atom stereocenters. The van der Waals surface area contributed by atoms with Crippen molar-refractivity contribution in [3.63, 3.8) is 0 Å². The van der Waals surface area contributed by atoms with Crippen molar-refractivity contribution in [1.82, 2.24) is 4.90 Å². The van der Waals surface area contributed by atoms with Gasteiger partial charge in [0.05, 0.1) is 0 Å². The molecular formula is C15H22ClNO2. The van der Waals surface area contributed by atoms with Crippen LogP contribution in [0.3, 0.4) is 0 Å². The fourth-order valence-corrected chi connectivity index (χ4v) is 2.61. The summed E-state index contributed by atoms with van der Waals surface area (Å²) in [5, 5.41) is 0.754. The van der Waals surface area contributed by atoms with Gasteiger partial charge in [0.15, 0.2) is 0 Å². The number of benzene rings is 1. The van der Waals surface area contributed by atoms with E-state index < -0.39 is 0 Å². The summed E-state index contributed by atoms with van der Waals surface area (Å²) in [6.45, 7) is 5.42. The molecule has 3 nitrogen and oxygen atoms in total. The fourth-order valence-electron chi connectivity index (χ4n) is 2.38. The maximum atomic E-state index is 5.93. The van der Waals surface area contributed by atoms with E-state index in [9.17, 15) is 0 Å². The Morgan fingerprint density at radius 1 is 1.37 bits per heavy atom. The lowest BCUT2D eigenvalue weighted by molar-refractivity contribution is 0.0392. The molecule has 19 heavy (non-hydrogen) atoms. The first-order chi connectivity index (χ1) is 9.16. The highest BCUT2D eigenvalue weighted by Gasteiger charge is 2.17. The number of rotatable bonds is 5. The van der Waals surface area contributed by atoms with Crippen molar-refractivity contribution in [3.8, 4) is 5.75 Å². The third-order valence-corrected chi connectivity index (χ3v) is 3.89. The standard InChI is InChI=1S/C15H22ClNO2/c1-12-11-13(16)3-4-15(12)19-10-7-17(2)14-5-8-18-9-6-14/h3-4,11,14H,5-10H2,1-2H3. The Labute approximate surface area is 120 Å². The van der Waals surface area contributed by atoms with Crippen LogP contribution in [0.1, 0.15) is 18.4 Å². The van der Waals surface area contributed by atoms with Crippen molar-refractivity contribution >= 4 is 11.6 Å². The Balaban J connectivity index is 1.76. The highest BCUT2D eigenvalue weighted by Crippen LogP contribution is 2.21. The maximum absolute atomic E-state index is 5.93. The second-order valence-corrected chi connectivity index (χ2v) is 5.52. The Morgan fingerprint density at radius 2 is 2.11 bits per heavy atom. The quantitative estimate of drug-likeness (QED) is 0.829. The number of hydrogen-bond acceptors (Lipinski definition) is 3. The van der Waals surface area contributed by atoms with Gasteiger partial charge >= 0.3 is 0 Å². The summed E-state index contributed by atoms with van der Waals surface area (Å²) < 4.78 is 11.2. The Morgan fingerprint density at radius 3 is 2.79 bits per heavy atom. The van der Waals surface area contributed by atoms with E-state index >= 15 is 0 Å². The molecule has 1 heterocycles.